The number of hydrogen-bond acceptors (Lipinski definition) is 3. The zero-order valence-corrected chi connectivity index (χ0v) is 15.7. The molecule has 4 nitrogen and oxygen atoms in total. The largest absolute Gasteiger partial charge is 0.483 e. The third kappa shape index (κ3) is 4.75. The summed E-state index contributed by atoms with van der Waals surface area (Å²) in [5.74, 6) is 0.949. The van der Waals surface area contributed by atoms with E-state index in [0.29, 0.717) is 6.04 Å². The van der Waals surface area contributed by atoms with Crippen LogP contribution in [0.15, 0.2) is 18.2 Å². The predicted molar refractivity (Wildman–Crippen MR) is 101 cm³/mol. The number of rotatable bonds is 5. The van der Waals surface area contributed by atoms with E-state index in [1.807, 2.05) is 19.1 Å². The molecule has 0 radical (unpaired) electrons. The van der Waals surface area contributed by atoms with E-state index in [0.717, 1.165) is 37.1 Å². The highest BCUT2D eigenvalue weighted by molar-refractivity contribution is 5.78. The Balaban J connectivity index is 1.67. The molecule has 4 heteroatoms. The molecule has 1 aliphatic carbocycles. The lowest BCUT2D eigenvalue weighted by molar-refractivity contribution is -0.141. The molecule has 1 N–H and O–H groups in total. The molecule has 0 spiro atoms. The summed E-state index contributed by atoms with van der Waals surface area (Å²) >= 11 is 0. The molecule has 1 saturated heterocycles. The molecule has 0 aromatic heterocycles. The van der Waals surface area contributed by atoms with Crippen molar-refractivity contribution in [3.05, 3.63) is 29.3 Å². The summed E-state index contributed by atoms with van der Waals surface area (Å²) in [5.41, 5.74) is 2.30. The van der Waals surface area contributed by atoms with Crippen molar-refractivity contribution in [1.29, 1.82) is 0 Å². The third-order valence-corrected chi connectivity index (χ3v) is 5.56. The first kappa shape index (κ1) is 18.2. The van der Waals surface area contributed by atoms with Gasteiger partial charge in [0.25, 0.3) is 5.91 Å². The van der Waals surface area contributed by atoms with Crippen molar-refractivity contribution >= 4 is 5.91 Å². The van der Waals surface area contributed by atoms with Gasteiger partial charge in [0.05, 0.1) is 6.17 Å². The van der Waals surface area contributed by atoms with Gasteiger partial charge in [-0.25, -0.2) is 0 Å². The molecule has 1 atom stereocenters. The summed E-state index contributed by atoms with van der Waals surface area (Å²) in [7, 11) is 0. The number of benzene rings is 1. The molecular weight excluding hydrogens is 312 g/mol. The van der Waals surface area contributed by atoms with Gasteiger partial charge in [-0.15, -0.1) is 0 Å². The molecule has 1 heterocycles. The van der Waals surface area contributed by atoms with E-state index in [-0.39, 0.29) is 18.7 Å². The third-order valence-electron chi connectivity index (χ3n) is 5.56. The minimum atomic E-state index is 0.131. The minimum Gasteiger partial charge on any atom is -0.483 e. The van der Waals surface area contributed by atoms with Crippen LogP contribution in [0.3, 0.4) is 0 Å². The van der Waals surface area contributed by atoms with Crippen LogP contribution in [0, 0.1) is 13.8 Å². The summed E-state index contributed by atoms with van der Waals surface area (Å²) in [5, 5.41) is 3.56. The number of aryl methyl sites for hydroxylation is 2. The van der Waals surface area contributed by atoms with E-state index in [4.69, 9.17) is 4.74 Å². The fourth-order valence-electron chi connectivity index (χ4n) is 4.24. The number of carbonyl (C=O) groups is 1. The number of nitrogens with one attached hydrogen (secondary N) is 1. The second-order valence-electron chi connectivity index (χ2n) is 7.62. The van der Waals surface area contributed by atoms with Crippen LogP contribution in [0.4, 0.5) is 0 Å². The quantitative estimate of drug-likeness (QED) is 0.879. The summed E-state index contributed by atoms with van der Waals surface area (Å²) in [6, 6.07) is 6.48. The van der Waals surface area contributed by atoms with Gasteiger partial charge in [0, 0.05) is 6.04 Å². The van der Waals surface area contributed by atoms with E-state index < -0.39 is 0 Å². The number of carbonyl (C=O) groups excluding carboxylic acids is 1. The number of nitrogens with zero attached hydrogens (tertiary/aromatic N) is 1. The van der Waals surface area contributed by atoms with E-state index >= 15 is 0 Å². The topological polar surface area (TPSA) is 41.6 Å². The first-order valence-corrected chi connectivity index (χ1v) is 9.90. The smallest absolute Gasteiger partial charge is 0.262 e. The van der Waals surface area contributed by atoms with Gasteiger partial charge in [0.15, 0.2) is 6.61 Å². The van der Waals surface area contributed by atoms with E-state index in [1.165, 1.54) is 37.7 Å². The Morgan fingerprint density at radius 2 is 1.88 bits per heavy atom. The Morgan fingerprint density at radius 1 is 1.12 bits per heavy atom. The summed E-state index contributed by atoms with van der Waals surface area (Å²) in [6.07, 6.45) is 9.70. The molecule has 1 amide bonds. The van der Waals surface area contributed by atoms with E-state index in [1.54, 1.807) is 0 Å². The standard InChI is InChI=1S/C21H32N2O2/c1-16-11-12-19(17(2)14-16)25-15-21(24)23(18-8-4-3-5-9-18)20-10-6-7-13-22-20/h11-12,14,18,20,22H,3-10,13,15H2,1-2H3. The highest BCUT2D eigenvalue weighted by atomic mass is 16.5. The lowest BCUT2D eigenvalue weighted by Crippen LogP contribution is -2.56. The number of piperidine rings is 1. The van der Waals surface area contributed by atoms with Crippen molar-refractivity contribution in [2.75, 3.05) is 13.2 Å². The molecule has 1 unspecified atom stereocenters. The average Bonchev–Trinajstić information content (AvgIpc) is 2.63. The Hall–Kier alpha value is -1.55. The van der Waals surface area contributed by atoms with Crippen molar-refractivity contribution in [3.63, 3.8) is 0 Å². The molecule has 25 heavy (non-hydrogen) atoms. The van der Waals surface area contributed by atoms with Gasteiger partial charge in [-0.1, -0.05) is 37.0 Å². The summed E-state index contributed by atoms with van der Waals surface area (Å²) in [6.45, 7) is 5.26. The fraction of sp³-hybridized carbons (Fsp3) is 0.667. The lowest BCUT2D eigenvalue weighted by atomic mass is 9.93. The maximum atomic E-state index is 13.1. The molecule has 138 valence electrons. The first-order valence-electron chi connectivity index (χ1n) is 9.90. The van der Waals surface area contributed by atoms with Gasteiger partial charge in [-0.3, -0.25) is 10.1 Å². The molecule has 1 aromatic carbocycles. The maximum Gasteiger partial charge on any atom is 0.262 e. The highest BCUT2D eigenvalue weighted by Crippen LogP contribution is 2.27. The summed E-state index contributed by atoms with van der Waals surface area (Å²) < 4.78 is 5.90. The molecule has 1 aromatic rings. The zero-order valence-electron chi connectivity index (χ0n) is 15.7. The van der Waals surface area contributed by atoms with Gasteiger partial charge >= 0.3 is 0 Å². The Labute approximate surface area is 151 Å². The normalized spacial score (nSPS) is 21.8. The van der Waals surface area contributed by atoms with Gasteiger partial charge < -0.3 is 9.64 Å². The van der Waals surface area contributed by atoms with Crippen LogP contribution in [-0.4, -0.2) is 36.2 Å². The van der Waals surface area contributed by atoms with Crippen molar-refractivity contribution in [2.45, 2.75) is 77.4 Å². The second kappa shape index (κ2) is 8.70. The van der Waals surface area contributed by atoms with Crippen LogP contribution < -0.4 is 10.1 Å². The molecular formula is C21H32N2O2. The van der Waals surface area contributed by atoms with Gasteiger partial charge in [-0.2, -0.15) is 0 Å². The van der Waals surface area contributed by atoms with E-state index in [2.05, 4.69) is 23.2 Å². The molecule has 3 rings (SSSR count). The monoisotopic (exact) mass is 344 g/mol. The number of hydrogen-bond donors (Lipinski definition) is 1. The highest BCUT2D eigenvalue weighted by Gasteiger charge is 2.32. The summed E-state index contributed by atoms with van der Waals surface area (Å²) in [4.78, 5) is 15.2. The number of ether oxygens (including phenoxy) is 1. The Bertz CT molecular complexity index is 557. The molecule has 1 saturated carbocycles. The van der Waals surface area contributed by atoms with Crippen molar-refractivity contribution in [1.82, 2.24) is 10.2 Å². The minimum absolute atomic E-state index is 0.131. The predicted octanol–water partition coefficient (Wildman–Crippen LogP) is 3.94. The molecule has 0 bridgehead atoms. The van der Waals surface area contributed by atoms with Crippen LogP contribution in [-0.2, 0) is 4.79 Å². The average molecular weight is 344 g/mol. The van der Waals surface area contributed by atoms with Crippen molar-refractivity contribution < 1.29 is 9.53 Å². The fourth-order valence-corrected chi connectivity index (χ4v) is 4.24. The maximum absolute atomic E-state index is 13.1. The van der Waals surface area contributed by atoms with E-state index in [9.17, 15) is 4.79 Å². The van der Waals surface area contributed by atoms with Gasteiger partial charge in [-0.05, 0) is 64.1 Å². The van der Waals surface area contributed by atoms with Crippen LogP contribution in [0.5, 0.6) is 5.75 Å². The Morgan fingerprint density at radius 3 is 2.56 bits per heavy atom. The number of amides is 1. The van der Waals surface area contributed by atoms with Crippen LogP contribution in [0.1, 0.15) is 62.5 Å². The van der Waals surface area contributed by atoms with Crippen LogP contribution in [0.2, 0.25) is 0 Å². The van der Waals surface area contributed by atoms with Gasteiger partial charge in [0.2, 0.25) is 0 Å². The first-order chi connectivity index (χ1) is 12.1. The molecule has 1 aliphatic heterocycles. The zero-order chi connectivity index (χ0) is 17.6. The Kier molecular flexibility index (Phi) is 6.35. The van der Waals surface area contributed by atoms with Crippen LogP contribution >= 0.6 is 0 Å². The second-order valence-corrected chi connectivity index (χ2v) is 7.62. The van der Waals surface area contributed by atoms with Gasteiger partial charge in [0.1, 0.15) is 5.75 Å². The molecule has 2 aliphatic rings. The SMILES string of the molecule is Cc1ccc(OCC(=O)N(C2CCCCC2)C2CCCCN2)c(C)c1. The van der Waals surface area contributed by atoms with Crippen molar-refractivity contribution in [2.24, 2.45) is 0 Å². The lowest BCUT2D eigenvalue weighted by Gasteiger charge is -2.42. The van der Waals surface area contributed by atoms with Crippen LogP contribution in [0.25, 0.3) is 0 Å². The van der Waals surface area contributed by atoms with Crippen molar-refractivity contribution in [3.8, 4) is 5.75 Å². The molecule has 2 fully saturated rings.